The summed E-state index contributed by atoms with van der Waals surface area (Å²) in [6.07, 6.45) is 7.46. The summed E-state index contributed by atoms with van der Waals surface area (Å²) in [6.45, 7) is 6.96. The van der Waals surface area contributed by atoms with Crippen LogP contribution in [0.15, 0.2) is 91.0 Å². The van der Waals surface area contributed by atoms with Gasteiger partial charge in [-0.25, -0.2) is 0 Å². The van der Waals surface area contributed by atoms with Gasteiger partial charge in [0, 0.05) is 16.5 Å². The molecule has 0 amide bonds. The highest BCUT2D eigenvalue weighted by atomic mass is 15.0. The van der Waals surface area contributed by atoms with E-state index in [1.807, 2.05) is 0 Å². The van der Waals surface area contributed by atoms with Crippen LogP contribution in [0.4, 0.5) is 0 Å². The molecule has 0 atom stereocenters. The molecule has 1 heterocycles. The lowest BCUT2D eigenvalue weighted by molar-refractivity contribution is -0.00277. The lowest BCUT2D eigenvalue weighted by atomic mass is 9.51. The normalized spacial score (nSPS) is 26.1. The Balaban J connectivity index is 1.19. The third-order valence-corrected chi connectivity index (χ3v) is 10.5. The van der Waals surface area contributed by atoms with Crippen LogP contribution in [0, 0.1) is 23.7 Å². The Morgan fingerprint density at radius 3 is 2.00 bits per heavy atom. The van der Waals surface area contributed by atoms with Gasteiger partial charge in [0.25, 0.3) is 0 Å². The quantitative estimate of drug-likeness (QED) is 0.228. The maximum absolute atomic E-state index is 2.46. The number of nitrogens with zero attached hydrogens (tertiary/aromatic N) is 1. The molecule has 196 valence electrons. The smallest absolute Gasteiger partial charge is 0.0544 e. The lowest BCUT2D eigenvalue weighted by Gasteiger charge is -2.54. The molecule has 1 heteroatoms. The zero-order chi connectivity index (χ0) is 26.3. The van der Waals surface area contributed by atoms with E-state index in [4.69, 9.17) is 0 Å². The predicted molar refractivity (Wildman–Crippen MR) is 165 cm³/mol. The van der Waals surface area contributed by atoms with E-state index in [1.54, 1.807) is 5.56 Å². The van der Waals surface area contributed by atoms with Gasteiger partial charge in [0.15, 0.2) is 0 Å². The van der Waals surface area contributed by atoms with E-state index in [-0.39, 0.29) is 5.41 Å². The van der Waals surface area contributed by atoms with Crippen molar-refractivity contribution in [2.24, 2.45) is 23.7 Å². The minimum atomic E-state index is 0.0787. The van der Waals surface area contributed by atoms with Crippen molar-refractivity contribution in [3.63, 3.8) is 0 Å². The molecule has 0 spiro atoms. The zero-order valence-corrected chi connectivity index (χ0v) is 23.5. The minimum Gasteiger partial charge on any atom is -0.309 e. The SMILES string of the molecule is CC(C)(C)c1cccc2c1c1ccccc1n2-c1cccc(-c2ccc(C3C4CC5CC(C4)CC3C5)cc2)c1. The molecule has 39 heavy (non-hydrogen) atoms. The molecule has 1 nitrogen and oxygen atoms in total. The predicted octanol–water partition coefficient (Wildman–Crippen LogP) is 10.3. The summed E-state index contributed by atoms with van der Waals surface area (Å²) < 4.78 is 2.46. The van der Waals surface area contributed by atoms with Crippen molar-refractivity contribution in [2.45, 2.75) is 64.2 Å². The van der Waals surface area contributed by atoms with Crippen LogP contribution in [0.1, 0.15) is 69.9 Å². The monoisotopic (exact) mass is 509 g/mol. The molecule has 0 aliphatic heterocycles. The van der Waals surface area contributed by atoms with Crippen LogP contribution < -0.4 is 0 Å². The Morgan fingerprint density at radius 1 is 0.615 bits per heavy atom. The fourth-order valence-electron chi connectivity index (χ4n) is 9.11. The summed E-state index contributed by atoms with van der Waals surface area (Å²) in [5, 5.41) is 2.72. The minimum absolute atomic E-state index is 0.0787. The number of para-hydroxylation sites is 1. The first-order chi connectivity index (χ1) is 18.9. The van der Waals surface area contributed by atoms with Gasteiger partial charge >= 0.3 is 0 Å². The first-order valence-corrected chi connectivity index (χ1v) is 15.2. The van der Waals surface area contributed by atoms with Crippen LogP contribution in [-0.4, -0.2) is 4.57 Å². The topological polar surface area (TPSA) is 4.93 Å². The number of hydrogen-bond donors (Lipinski definition) is 0. The Bertz CT molecular complexity index is 1670. The van der Waals surface area contributed by atoms with Crippen molar-refractivity contribution in [2.75, 3.05) is 0 Å². The van der Waals surface area contributed by atoms with Crippen LogP contribution in [-0.2, 0) is 5.41 Å². The van der Waals surface area contributed by atoms with Crippen molar-refractivity contribution >= 4 is 21.8 Å². The molecule has 0 saturated heterocycles. The van der Waals surface area contributed by atoms with Crippen LogP contribution >= 0.6 is 0 Å². The number of fused-ring (bicyclic) bond motifs is 3. The molecule has 4 saturated carbocycles. The number of hydrogen-bond acceptors (Lipinski definition) is 0. The van der Waals surface area contributed by atoms with Crippen molar-refractivity contribution in [1.82, 2.24) is 4.57 Å². The summed E-state index contributed by atoms with van der Waals surface area (Å²) >= 11 is 0. The van der Waals surface area contributed by atoms with Gasteiger partial charge in [-0.05, 0) is 114 Å². The summed E-state index contributed by atoms with van der Waals surface area (Å²) in [7, 11) is 0. The second-order valence-corrected chi connectivity index (χ2v) is 13.9. The van der Waals surface area contributed by atoms with Gasteiger partial charge in [-0.1, -0.05) is 87.5 Å². The van der Waals surface area contributed by atoms with E-state index in [0.29, 0.717) is 0 Å². The maximum atomic E-state index is 2.46. The van der Waals surface area contributed by atoms with Gasteiger partial charge in [0.2, 0.25) is 0 Å². The van der Waals surface area contributed by atoms with Crippen molar-refractivity contribution in [3.05, 3.63) is 102 Å². The molecule has 1 aromatic heterocycles. The molecule has 4 aliphatic rings. The molecule has 4 aromatic carbocycles. The molecule has 0 unspecified atom stereocenters. The molecule has 0 radical (unpaired) electrons. The fraction of sp³-hybridized carbons (Fsp3) is 0.368. The second-order valence-electron chi connectivity index (χ2n) is 13.9. The molecule has 4 aliphatic carbocycles. The Kier molecular flexibility index (Phi) is 5.19. The van der Waals surface area contributed by atoms with E-state index >= 15 is 0 Å². The van der Waals surface area contributed by atoms with E-state index in [9.17, 15) is 0 Å². The molecule has 5 aromatic rings. The number of rotatable bonds is 3. The Labute approximate surface area is 232 Å². The fourth-order valence-corrected chi connectivity index (χ4v) is 9.11. The van der Waals surface area contributed by atoms with Gasteiger partial charge in [0.05, 0.1) is 11.0 Å². The van der Waals surface area contributed by atoms with E-state index in [2.05, 4.69) is 116 Å². The van der Waals surface area contributed by atoms with Gasteiger partial charge in [-0.3, -0.25) is 0 Å². The molecular weight excluding hydrogens is 470 g/mol. The van der Waals surface area contributed by atoms with Crippen molar-refractivity contribution in [1.29, 1.82) is 0 Å². The van der Waals surface area contributed by atoms with E-state index < -0.39 is 0 Å². The average molecular weight is 510 g/mol. The lowest BCUT2D eigenvalue weighted by Crippen LogP contribution is -2.43. The first-order valence-electron chi connectivity index (χ1n) is 15.2. The first kappa shape index (κ1) is 23.6. The summed E-state index contributed by atoms with van der Waals surface area (Å²) in [5.74, 6) is 4.73. The van der Waals surface area contributed by atoms with Gasteiger partial charge in [0.1, 0.15) is 0 Å². The van der Waals surface area contributed by atoms with Crippen LogP contribution in [0.2, 0.25) is 0 Å². The summed E-state index contributed by atoms with van der Waals surface area (Å²) in [6, 6.07) is 34.6. The van der Waals surface area contributed by atoms with Gasteiger partial charge in [-0.2, -0.15) is 0 Å². The molecular formula is C38H39N. The summed E-state index contributed by atoms with van der Waals surface area (Å²) in [4.78, 5) is 0. The molecule has 9 rings (SSSR count). The highest BCUT2D eigenvalue weighted by molar-refractivity contribution is 6.11. The Morgan fingerprint density at radius 2 is 1.28 bits per heavy atom. The van der Waals surface area contributed by atoms with Crippen molar-refractivity contribution in [3.8, 4) is 16.8 Å². The maximum Gasteiger partial charge on any atom is 0.0544 e. The van der Waals surface area contributed by atoms with E-state index in [1.165, 1.54) is 76.3 Å². The van der Waals surface area contributed by atoms with Gasteiger partial charge < -0.3 is 4.57 Å². The number of benzene rings is 4. The second kappa shape index (κ2) is 8.59. The summed E-state index contributed by atoms with van der Waals surface area (Å²) in [5.41, 5.74) is 9.50. The third kappa shape index (κ3) is 3.73. The standard InChI is InChI=1S/C38H39N/c1-38(2,3)33-11-7-13-35-37(33)32-10-4-5-12-34(32)39(35)31-9-6-8-28(23-31)26-14-16-27(17-15-26)36-29-19-24-18-25(21-29)22-30(36)20-24/h4-17,23-25,29-30,36H,18-22H2,1-3H3. The highest BCUT2D eigenvalue weighted by Crippen LogP contribution is 2.59. The van der Waals surface area contributed by atoms with Gasteiger partial charge in [-0.15, -0.1) is 0 Å². The zero-order valence-electron chi connectivity index (χ0n) is 23.5. The van der Waals surface area contributed by atoms with E-state index in [0.717, 1.165) is 29.6 Å². The average Bonchev–Trinajstić information content (AvgIpc) is 3.27. The largest absolute Gasteiger partial charge is 0.309 e. The number of aromatic nitrogens is 1. The molecule has 4 bridgehead atoms. The molecule has 4 fully saturated rings. The van der Waals surface area contributed by atoms with Crippen LogP contribution in [0.3, 0.4) is 0 Å². The van der Waals surface area contributed by atoms with Crippen LogP contribution in [0.5, 0.6) is 0 Å². The van der Waals surface area contributed by atoms with Crippen molar-refractivity contribution < 1.29 is 0 Å². The highest BCUT2D eigenvalue weighted by Gasteiger charge is 2.48. The Hall–Kier alpha value is -3.32. The third-order valence-electron chi connectivity index (χ3n) is 10.5. The molecule has 0 N–H and O–H groups in total. The van der Waals surface area contributed by atoms with Crippen LogP contribution in [0.25, 0.3) is 38.6 Å².